The van der Waals surface area contributed by atoms with E-state index in [0.717, 1.165) is 24.6 Å². The molecule has 2 aromatic heterocycles. The van der Waals surface area contributed by atoms with Crippen molar-refractivity contribution in [3.05, 3.63) is 58.3 Å². The number of nitrogens with zero attached hydrogens (tertiary/aromatic N) is 4. The second kappa shape index (κ2) is 6.55. The Morgan fingerprint density at radius 2 is 1.92 bits per heavy atom. The van der Waals surface area contributed by atoms with Crippen LogP contribution in [-0.4, -0.2) is 51.3 Å². The predicted octanol–water partition coefficient (Wildman–Crippen LogP) is 3.01. The average Bonchev–Trinajstić information content (AvgIpc) is 3.16. The van der Waals surface area contributed by atoms with Gasteiger partial charge < -0.3 is 4.90 Å². The first-order valence-corrected chi connectivity index (χ1v) is 9.15. The molecular weight excluding hydrogens is 344 g/mol. The summed E-state index contributed by atoms with van der Waals surface area (Å²) >= 11 is 7.65. The number of piperazine rings is 1. The third kappa shape index (κ3) is 2.92. The van der Waals surface area contributed by atoms with Gasteiger partial charge in [0.2, 0.25) is 0 Å². The van der Waals surface area contributed by atoms with Gasteiger partial charge in [-0.1, -0.05) is 41.9 Å². The van der Waals surface area contributed by atoms with E-state index in [9.17, 15) is 4.79 Å². The van der Waals surface area contributed by atoms with E-state index in [2.05, 4.69) is 34.1 Å². The number of carbonyl (C=O) groups excluding carboxylic acids is 1. The van der Waals surface area contributed by atoms with Crippen LogP contribution in [0.4, 0.5) is 0 Å². The lowest BCUT2D eigenvalue weighted by Gasteiger charge is -2.34. The summed E-state index contributed by atoms with van der Waals surface area (Å²) in [7, 11) is 0. The van der Waals surface area contributed by atoms with Crippen LogP contribution in [0.5, 0.6) is 0 Å². The molecule has 1 aliphatic rings. The fraction of sp³-hybridized carbons (Fsp3) is 0.294. The van der Waals surface area contributed by atoms with Crippen molar-refractivity contribution < 1.29 is 4.79 Å². The Bertz CT molecular complexity index is 852. The van der Waals surface area contributed by atoms with Gasteiger partial charge in [0.15, 0.2) is 15.8 Å². The molecule has 0 N–H and O–H groups in total. The minimum absolute atomic E-state index is 0.0368. The van der Waals surface area contributed by atoms with Gasteiger partial charge in [0, 0.05) is 44.3 Å². The molecule has 0 saturated carbocycles. The van der Waals surface area contributed by atoms with Crippen LogP contribution in [0.1, 0.15) is 16.1 Å². The quantitative estimate of drug-likeness (QED) is 0.721. The standard InChI is InChI=1S/C17H17ClN4OS/c18-15-14(22-10-11-24-17(22)19-15)16(23)21-8-6-20(7-9-21)12-13-4-2-1-3-5-13/h1-5,10-11H,6-9,12H2. The maximum atomic E-state index is 12.8. The number of aromatic nitrogens is 2. The van der Waals surface area contributed by atoms with Gasteiger partial charge in [-0.25, -0.2) is 4.98 Å². The monoisotopic (exact) mass is 360 g/mol. The summed E-state index contributed by atoms with van der Waals surface area (Å²) in [6, 6.07) is 10.4. The van der Waals surface area contributed by atoms with Gasteiger partial charge >= 0.3 is 0 Å². The molecule has 3 aromatic rings. The van der Waals surface area contributed by atoms with Crippen molar-refractivity contribution in [2.75, 3.05) is 26.2 Å². The highest BCUT2D eigenvalue weighted by atomic mass is 35.5. The van der Waals surface area contributed by atoms with E-state index in [1.807, 2.05) is 22.5 Å². The first-order chi connectivity index (χ1) is 11.7. The number of hydrogen-bond acceptors (Lipinski definition) is 4. The maximum absolute atomic E-state index is 12.8. The Morgan fingerprint density at radius 1 is 1.17 bits per heavy atom. The molecule has 0 atom stereocenters. The van der Waals surface area contributed by atoms with Gasteiger partial charge in [0.1, 0.15) is 0 Å². The number of fused-ring (bicyclic) bond motifs is 1. The lowest BCUT2D eigenvalue weighted by atomic mass is 10.2. The molecule has 1 aliphatic heterocycles. The van der Waals surface area contributed by atoms with Crippen molar-refractivity contribution in [2.24, 2.45) is 0 Å². The third-order valence-corrected chi connectivity index (χ3v) is 5.35. The molecule has 1 amide bonds. The fourth-order valence-corrected chi connectivity index (χ4v) is 4.07. The van der Waals surface area contributed by atoms with Crippen molar-refractivity contribution in [3.8, 4) is 0 Å². The highest BCUT2D eigenvalue weighted by Gasteiger charge is 2.27. The summed E-state index contributed by atoms with van der Waals surface area (Å²) in [6.45, 7) is 4.07. The largest absolute Gasteiger partial charge is 0.335 e. The summed E-state index contributed by atoms with van der Waals surface area (Å²) in [5, 5.41) is 2.20. The van der Waals surface area contributed by atoms with Crippen molar-refractivity contribution in [1.82, 2.24) is 19.2 Å². The van der Waals surface area contributed by atoms with Gasteiger partial charge in [0.25, 0.3) is 5.91 Å². The SMILES string of the molecule is O=C(c1c(Cl)nc2sccn12)N1CCN(Cc2ccccc2)CC1. The normalized spacial score (nSPS) is 16.0. The van der Waals surface area contributed by atoms with E-state index in [1.165, 1.54) is 16.9 Å². The molecule has 3 heterocycles. The summed E-state index contributed by atoms with van der Waals surface area (Å²) < 4.78 is 1.78. The van der Waals surface area contributed by atoms with E-state index in [-0.39, 0.29) is 5.91 Å². The number of benzene rings is 1. The summed E-state index contributed by atoms with van der Waals surface area (Å²) in [5.41, 5.74) is 1.78. The first kappa shape index (κ1) is 15.6. The molecule has 1 aromatic carbocycles. The number of hydrogen-bond donors (Lipinski definition) is 0. The molecule has 5 nitrogen and oxygen atoms in total. The van der Waals surface area contributed by atoms with E-state index >= 15 is 0 Å². The summed E-state index contributed by atoms with van der Waals surface area (Å²) in [6.07, 6.45) is 1.85. The molecule has 0 spiro atoms. The molecule has 0 bridgehead atoms. The molecule has 4 rings (SSSR count). The number of carbonyl (C=O) groups is 1. The van der Waals surface area contributed by atoms with E-state index in [4.69, 9.17) is 11.6 Å². The lowest BCUT2D eigenvalue weighted by Crippen LogP contribution is -2.48. The molecule has 1 saturated heterocycles. The molecular formula is C17H17ClN4OS. The minimum atomic E-state index is -0.0368. The fourth-order valence-electron chi connectivity index (χ4n) is 3.05. The Kier molecular flexibility index (Phi) is 4.26. The van der Waals surface area contributed by atoms with Gasteiger partial charge in [0.05, 0.1) is 0 Å². The topological polar surface area (TPSA) is 40.9 Å². The van der Waals surface area contributed by atoms with Crippen molar-refractivity contribution in [3.63, 3.8) is 0 Å². The Balaban J connectivity index is 1.43. The minimum Gasteiger partial charge on any atom is -0.335 e. The van der Waals surface area contributed by atoms with Crippen LogP contribution in [0.25, 0.3) is 4.96 Å². The third-order valence-electron chi connectivity index (χ3n) is 4.33. The predicted molar refractivity (Wildman–Crippen MR) is 95.7 cm³/mol. The van der Waals surface area contributed by atoms with Crippen LogP contribution in [-0.2, 0) is 6.54 Å². The molecule has 24 heavy (non-hydrogen) atoms. The Labute approximate surface area is 149 Å². The number of amides is 1. The van der Waals surface area contributed by atoms with Crippen molar-refractivity contribution >= 4 is 33.8 Å². The highest BCUT2D eigenvalue weighted by molar-refractivity contribution is 7.15. The van der Waals surface area contributed by atoms with E-state index in [1.54, 1.807) is 4.40 Å². The number of rotatable bonds is 3. The summed E-state index contributed by atoms with van der Waals surface area (Å²) in [4.78, 5) is 22.1. The van der Waals surface area contributed by atoms with E-state index < -0.39 is 0 Å². The average molecular weight is 361 g/mol. The van der Waals surface area contributed by atoms with Crippen molar-refractivity contribution in [1.29, 1.82) is 0 Å². The zero-order valence-electron chi connectivity index (χ0n) is 13.1. The van der Waals surface area contributed by atoms with Gasteiger partial charge in [-0.05, 0) is 5.56 Å². The van der Waals surface area contributed by atoms with Gasteiger partial charge in [-0.3, -0.25) is 14.1 Å². The van der Waals surface area contributed by atoms with Crippen LogP contribution in [0.15, 0.2) is 41.9 Å². The molecule has 0 aliphatic carbocycles. The number of thiazole rings is 1. The Hall–Kier alpha value is -1.89. The van der Waals surface area contributed by atoms with Crippen molar-refractivity contribution in [2.45, 2.75) is 6.54 Å². The van der Waals surface area contributed by atoms with E-state index in [0.29, 0.717) is 23.9 Å². The molecule has 0 unspecified atom stereocenters. The Morgan fingerprint density at radius 3 is 2.67 bits per heavy atom. The second-order valence-electron chi connectivity index (χ2n) is 5.86. The van der Waals surface area contributed by atoms with Gasteiger partial charge in [-0.2, -0.15) is 0 Å². The highest BCUT2D eigenvalue weighted by Crippen LogP contribution is 2.23. The van der Waals surface area contributed by atoms with Crippen LogP contribution >= 0.6 is 22.9 Å². The van der Waals surface area contributed by atoms with Crippen LogP contribution in [0, 0.1) is 0 Å². The zero-order valence-corrected chi connectivity index (χ0v) is 14.6. The van der Waals surface area contributed by atoms with Gasteiger partial charge in [-0.15, -0.1) is 11.3 Å². The van der Waals surface area contributed by atoms with Crippen LogP contribution < -0.4 is 0 Å². The van der Waals surface area contributed by atoms with Crippen LogP contribution in [0.3, 0.4) is 0 Å². The second-order valence-corrected chi connectivity index (χ2v) is 7.09. The zero-order chi connectivity index (χ0) is 16.5. The smallest absolute Gasteiger partial charge is 0.274 e. The number of halogens is 1. The maximum Gasteiger partial charge on any atom is 0.274 e. The molecule has 7 heteroatoms. The summed E-state index contributed by atoms with van der Waals surface area (Å²) in [5.74, 6) is -0.0368. The first-order valence-electron chi connectivity index (χ1n) is 7.89. The number of imidazole rings is 1. The van der Waals surface area contributed by atoms with Crippen LogP contribution in [0.2, 0.25) is 5.15 Å². The molecule has 1 fully saturated rings. The molecule has 124 valence electrons. The molecule has 0 radical (unpaired) electrons. The lowest BCUT2D eigenvalue weighted by molar-refractivity contribution is 0.0622.